The molecule has 0 saturated heterocycles. The summed E-state index contributed by atoms with van der Waals surface area (Å²) in [6.07, 6.45) is 5.97. The Morgan fingerprint density at radius 1 is 0.818 bits per heavy atom. The summed E-state index contributed by atoms with van der Waals surface area (Å²) in [7, 11) is 1.74. The van der Waals surface area contributed by atoms with Crippen LogP contribution < -0.4 is 4.90 Å². The molecule has 5 aromatic heterocycles. The van der Waals surface area contributed by atoms with Gasteiger partial charge in [-0.25, -0.2) is 4.39 Å². The standard InChI is InChI=1S/C34H26FN5S4/c1-19(2)4-5-20-6-11-23(25(35)14-20)28-15-29-30(42-28)16-31(43-29)33-34-32(38-44-39-34)24(17-37-33)27-13-12-26(41-27)21-7-9-22(10-8-21)40(3)18-36/h6-17,19H,4-5H2,1-3H3. The fourth-order valence-corrected chi connectivity index (χ4v) is 9.14. The number of pyridine rings is 1. The quantitative estimate of drug-likeness (QED) is 0.121. The zero-order valence-corrected chi connectivity index (χ0v) is 27.4. The van der Waals surface area contributed by atoms with Crippen LogP contribution in [0, 0.1) is 23.2 Å². The van der Waals surface area contributed by atoms with Crippen molar-refractivity contribution in [1.29, 1.82) is 5.26 Å². The van der Waals surface area contributed by atoms with E-state index in [4.69, 9.17) is 10.2 Å². The predicted molar refractivity (Wildman–Crippen MR) is 185 cm³/mol. The van der Waals surface area contributed by atoms with E-state index >= 15 is 4.39 Å². The molecule has 0 bridgehead atoms. The molecule has 0 aliphatic rings. The second-order valence-corrected chi connectivity index (χ2v) is 14.8. The highest BCUT2D eigenvalue weighted by Gasteiger charge is 2.19. The number of hydrogen-bond donors (Lipinski definition) is 0. The van der Waals surface area contributed by atoms with Crippen LogP contribution in [0.1, 0.15) is 25.8 Å². The number of fused-ring (bicyclic) bond motifs is 2. The van der Waals surface area contributed by atoms with Crippen LogP contribution in [-0.4, -0.2) is 20.8 Å². The van der Waals surface area contributed by atoms with Gasteiger partial charge in [-0.2, -0.15) is 14.0 Å². The summed E-state index contributed by atoms with van der Waals surface area (Å²) < 4.78 is 26.6. The maximum absolute atomic E-state index is 15.1. The van der Waals surface area contributed by atoms with Gasteiger partial charge in [0.05, 0.1) is 22.3 Å². The number of nitrogens with zero attached hydrogens (tertiary/aromatic N) is 5. The summed E-state index contributed by atoms with van der Waals surface area (Å²) >= 11 is 6.14. The van der Waals surface area contributed by atoms with Crippen molar-refractivity contribution in [2.24, 2.45) is 5.92 Å². The van der Waals surface area contributed by atoms with Crippen LogP contribution in [0.4, 0.5) is 10.1 Å². The Labute approximate surface area is 270 Å². The average Bonchev–Trinajstić information content (AvgIpc) is 3.83. The van der Waals surface area contributed by atoms with Crippen molar-refractivity contribution in [1.82, 2.24) is 13.7 Å². The molecule has 0 saturated carbocycles. The molecule has 0 aliphatic carbocycles. The SMILES string of the molecule is CC(C)CCc1ccc(-c2cc3sc(-c4ncc(-c5ccc(-c6ccc(N(C)C#N)cc6)s5)c5nsnc45)cc3s2)c(F)c1. The van der Waals surface area contributed by atoms with Crippen LogP contribution >= 0.6 is 45.7 Å². The van der Waals surface area contributed by atoms with Gasteiger partial charge < -0.3 is 0 Å². The Kier molecular flexibility index (Phi) is 7.72. The lowest BCUT2D eigenvalue weighted by Gasteiger charge is -2.08. The highest BCUT2D eigenvalue weighted by Crippen LogP contribution is 2.44. The van der Waals surface area contributed by atoms with E-state index in [2.05, 4.69) is 59.1 Å². The van der Waals surface area contributed by atoms with Crippen LogP contribution in [-0.2, 0) is 6.42 Å². The molecular formula is C34H26FN5S4. The minimum absolute atomic E-state index is 0.159. The van der Waals surface area contributed by atoms with Gasteiger partial charge in [-0.3, -0.25) is 9.88 Å². The van der Waals surface area contributed by atoms with Crippen LogP contribution in [0.2, 0.25) is 0 Å². The Morgan fingerprint density at radius 2 is 1.55 bits per heavy atom. The van der Waals surface area contributed by atoms with E-state index in [9.17, 15) is 0 Å². The Morgan fingerprint density at radius 3 is 2.30 bits per heavy atom. The van der Waals surface area contributed by atoms with Crippen LogP contribution in [0.3, 0.4) is 0 Å². The van der Waals surface area contributed by atoms with E-state index in [1.807, 2.05) is 36.5 Å². The lowest BCUT2D eigenvalue weighted by atomic mass is 10.0. The molecule has 0 atom stereocenters. The van der Waals surface area contributed by atoms with Crippen LogP contribution in [0.15, 0.2) is 72.9 Å². The third kappa shape index (κ3) is 5.41. The number of anilines is 1. The predicted octanol–water partition coefficient (Wildman–Crippen LogP) is 10.7. The van der Waals surface area contributed by atoms with Crippen molar-refractivity contribution in [2.75, 3.05) is 11.9 Å². The summed E-state index contributed by atoms with van der Waals surface area (Å²) in [4.78, 5) is 10.6. The molecule has 0 fully saturated rings. The van der Waals surface area contributed by atoms with Gasteiger partial charge >= 0.3 is 0 Å². The summed E-state index contributed by atoms with van der Waals surface area (Å²) in [5, 5.41) is 9.14. The van der Waals surface area contributed by atoms with Gasteiger partial charge in [-0.15, -0.1) is 34.0 Å². The smallest absolute Gasteiger partial charge is 0.183 e. The second-order valence-electron chi connectivity index (χ2n) is 11.0. The number of aryl methyl sites for hydroxylation is 1. The molecule has 5 heterocycles. The highest BCUT2D eigenvalue weighted by atomic mass is 32.1. The first kappa shape index (κ1) is 28.7. The van der Waals surface area contributed by atoms with E-state index in [-0.39, 0.29) is 5.82 Å². The first-order valence-electron chi connectivity index (χ1n) is 14.2. The molecule has 0 aliphatic heterocycles. The topological polar surface area (TPSA) is 65.7 Å². The van der Waals surface area contributed by atoms with E-state index in [1.165, 1.54) is 16.6 Å². The lowest BCUT2D eigenvalue weighted by molar-refractivity contribution is 0.582. The van der Waals surface area contributed by atoms with Crippen LogP contribution in [0.25, 0.3) is 62.3 Å². The first-order valence-corrected chi connectivity index (χ1v) is 17.3. The van der Waals surface area contributed by atoms with Crippen molar-refractivity contribution in [3.05, 3.63) is 84.3 Å². The number of benzene rings is 2. The largest absolute Gasteiger partial charge is 0.283 e. The van der Waals surface area contributed by atoms with Gasteiger partial charge in [0.1, 0.15) is 22.5 Å². The monoisotopic (exact) mass is 651 g/mol. The van der Waals surface area contributed by atoms with Gasteiger partial charge in [0, 0.05) is 48.4 Å². The van der Waals surface area contributed by atoms with Gasteiger partial charge in [-0.1, -0.05) is 38.1 Å². The average molecular weight is 652 g/mol. The second kappa shape index (κ2) is 11.8. The summed E-state index contributed by atoms with van der Waals surface area (Å²) in [5.74, 6) is 0.438. The van der Waals surface area contributed by atoms with Gasteiger partial charge in [-0.05, 0) is 72.4 Å². The zero-order valence-electron chi connectivity index (χ0n) is 24.2. The van der Waals surface area contributed by atoms with E-state index in [1.54, 1.807) is 47.1 Å². The maximum atomic E-state index is 15.1. The Hall–Kier alpha value is -4.01. The van der Waals surface area contributed by atoms with E-state index in [0.29, 0.717) is 11.5 Å². The molecule has 44 heavy (non-hydrogen) atoms. The van der Waals surface area contributed by atoms with Crippen LogP contribution in [0.5, 0.6) is 0 Å². The molecule has 0 unspecified atom stereocenters. The summed E-state index contributed by atoms with van der Waals surface area (Å²) in [5.41, 5.74) is 7.07. The van der Waals surface area contributed by atoms with Gasteiger partial charge in [0.15, 0.2) is 6.19 Å². The Bertz CT molecular complexity index is 2130. The number of hydrogen-bond acceptors (Lipinski definition) is 9. The number of aromatic nitrogens is 3. The normalized spacial score (nSPS) is 11.5. The van der Waals surface area contributed by atoms with Crippen molar-refractivity contribution in [2.45, 2.75) is 26.7 Å². The third-order valence-corrected chi connectivity index (χ3v) is 11.6. The highest BCUT2D eigenvalue weighted by molar-refractivity contribution is 7.31. The molecule has 7 aromatic rings. The zero-order chi connectivity index (χ0) is 30.4. The molecule has 5 nitrogen and oxygen atoms in total. The fraction of sp³-hybridized carbons (Fsp3) is 0.176. The molecular weight excluding hydrogens is 626 g/mol. The van der Waals surface area contributed by atoms with Gasteiger partial charge in [0.25, 0.3) is 0 Å². The number of halogens is 1. The first-order chi connectivity index (χ1) is 21.4. The van der Waals surface area contributed by atoms with E-state index in [0.717, 1.165) is 80.9 Å². The molecule has 0 radical (unpaired) electrons. The summed E-state index contributed by atoms with van der Waals surface area (Å²) in [6.45, 7) is 4.38. The number of nitriles is 1. The van der Waals surface area contributed by atoms with Gasteiger partial charge in [0.2, 0.25) is 0 Å². The maximum Gasteiger partial charge on any atom is 0.183 e. The minimum Gasteiger partial charge on any atom is -0.283 e. The van der Waals surface area contributed by atoms with Crippen molar-refractivity contribution < 1.29 is 4.39 Å². The fourth-order valence-electron chi connectivity index (χ4n) is 5.13. The lowest BCUT2D eigenvalue weighted by Crippen LogP contribution is -2.07. The van der Waals surface area contributed by atoms with Crippen molar-refractivity contribution >= 4 is 71.9 Å². The van der Waals surface area contributed by atoms with Crippen molar-refractivity contribution in [3.8, 4) is 48.1 Å². The molecule has 0 N–H and O–H groups in total. The molecule has 2 aromatic carbocycles. The van der Waals surface area contributed by atoms with E-state index < -0.39 is 0 Å². The summed E-state index contributed by atoms with van der Waals surface area (Å²) in [6, 6.07) is 22.1. The molecule has 0 amide bonds. The van der Waals surface area contributed by atoms with Crippen molar-refractivity contribution in [3.63, 3.8) is 0 Å². The Balaban J connectivity index is 1.16. The number of rotatable bonds is 8. The number of thiophene rings is 3. The molecule has 7 rings (SSSR count). The molecule has 10 heteroatoms. The minimum atomic E-state index is -0.159. The molecule has 218 valence electrons. The molecule has 0 spiro atoms. The third-order valence-electron chi connectivity index (χ3n) is 7.60.